The Morgan fingerprint density at radius 3 is 2.24 bits per heavy atom. The Labute approximate surface area is 193 Å². The number of carbonyl (C=O) groups is 2. The van der Waals surface area contributed by atoms with Crippen molar-refractivity contribution in [3.05, 3.63) is 89.2 Å². The molecular weight excluding hydrogens is 440 g/mol. The number of carbonyl (C=O) groups excluding carboxylic acids is 2. The quantitative estimate of drug-likeness (QED) is 0.448. The first-order chi connectivity index (χ1) is 15.7. The van der Waals surface area contributed by atoms with Crippen LogP contribution in [0.5, 0.6) is 0 Å². The number of nitrogens with one attached hydrogen (secondary N) is 3. The zero-order chi connectivity index (χ0) is 23.8. The molecule has 0 spiro atoms. The number of amides is 2. The van der Waals surface area contributed by atoms with Gasteiger partial charge >= 0.3 is 0 Å². The lowest BCUT2D eigenvalue weighted by molar-refractivity contribution is -0.121. The number of rotatable bonds is 9. The highest BCUT2D eigenvalue weighted by atomic mass is 32.2. The molecule has 3 N–H and O–H groups in total. The summed E-state index contributed by atoms with van der Waals surface area (Å²) in [6.07, 6.45) is 3.43. The zero-order valence-electron chi connectivity index (χ0n) is 18.5. The minimum atomic E-state index is -3.78. The van der Waals surface area contributed by atoms with Gasteiger partial charge in [-0.25, -0.2) is 8.42 Å². The Bertz CT molecular complexity index is 1230. The molecule has 0 aliphatic heterocycles. The van der Waals surface area contributed by atoms with Crippen LogP contribution in [0.3, 0.4) is 0 Å². The van der Waals surface area contributed by atoms with Gasteiger partial charge < -0.3 is 10.6 Å². The predicted octanol–water partition coefficient (Wildman–Crippen LogP) is 2.94. The summed E-state index contributed by atoms with van der Waals surface area (Å²) in [7, 11) is -3.78. The lowest BCUT2D eigenvalue weighted by Gasteiger charge is -2.11. The lowest BCUT2D eigenvalue weighted by atomic mass is 10.1. The highest BCUT2D eigenvalue weighted by molar-refractivity contribution is 7.92. The molecule has 0 fully saturated rings. The van der Waals surface area contributed by atoms with Gasteiger partial charge in [-0.2, -0.15) is 0 Å². The Hall–Kier alpha value is -3.72. The molecule has 0 bridgehead atoms. The molecular formula is C24H26N4O4S. The van der Waals surface area contributed by atoms with Crippen LogP contribution in [0.2, 0.25) is 0 Å². The molecule has 0 aliphatic carbocycles. The number of anilines is 1. The van der Waals surface area contributed by atoms with E-state index in [0.717, 1.165) is 16.7 Å². The molecule has 0 aliphatic rings. The molecule has 33 heavy (non-hydrogen) atoms. The maximum absolute atomic E-state index is 12.6. The van der Waals surface area contributed by atoms with E-state index in [1.165, 1.54) is 24.3 Å². The molecule has 8 nitrogen and oxygen atoms in total. The Balaban J connectivity index is 1.49. The fourth-order valence-corrected chi connectivity index (χ4v) is 4.04. The number of benzene rings is 2. The number of aromatic nitrogens is 1. The van der Waals surface area contributed by atoms with E-state index in [9.17, 15) is 18.0 Å². The first-order valence-corrected chi connectivity index (χ1v) is 11.9. The van der Waals surface area contributed by atoms with Crippen LogP contribution in [-0.4, -0.2) is 31.8 Å². The summed E-state index contributed by atoms with van der Waals surface area (Å²) in [4.78, 5) is 28.2. The first-order valence-electron chi connectivity index (χ1n) is 10.4. The highest BCUT2D eigenvalue weighted by Crippen LogP contribution is 2.19. The normalized spacial score (nSPS) is 11.0. The van der Waals surface area contributed by atoms with Gasteiger partial charge in [0.25, 0.3) is 15.9 Å². The molecule has 0 saturated carbocycles. The molecule has 172 valence electrons. The first kappa shape index (κ1) is 23.9. The number of hydrogen-bond donors (Lipinski definition) is 3. The third kappa shape index (κ3) is 6.88. The van der Waals surface area contributed by atoms with Crippen molar-refractivity contribution in [2.24, 2.45) is 0 Å². The van der Waals surface area contributed by atoms with E-state index >= 15 is 0 Å². The molecule has 0 radical (unpaired) electrons. The molecule has 0 atom stereocenters. The van der Waals surface area contributed by atoms with Crippen molar-refractivity contribution < 1.29 is 18.0 Å². The molecule has 3 rings (SSSR count). The van der Waals surface area contributed by atoms with Crippen LogP contribution in [0.25, 0.3) is 0 Å². The number of nitrogens with zero attached hydrogens (tertiary/aromatic N) is 1. The molecule has 3 aromatic rings. The summed E-state index contributed by atoms with van der Waals surface area (Å²) in [5.41, 5.74) is 3.76. The lowest BCUT2D eigenvalue weighted by Crippen LogP contribution is -2.30. The zero-order valence-corrected chi connectivity index (χ0v) is 19.3. The number of aryl methyl sites for hydroxylation is 2. The highest BCUT2D eigenvalue weighted by Gasteiger charge is 2.16. The third-order valence-electron chi connectivity index (χ3n) is 5.06. The largest absolute Gasteiger partial charge is 0.352 e. The van der Waals surface area contributed by atoms with Crippen molar-refractivity contribution in [1.82, 2.24) is 15.6 Å². The second kappa shape index (κ2) is 10.7. The summed E-state index contributed by atoms with van der Waals surface area (Å²) >= 11 is 0. The van der Waals surface area contributed by atoms with Gasteiger partial charge in [0.05, 0.1) is 4.90 Å². The standard InChI is InChI=1S/C24H26N4O4S/c1-17-3-6-21(15-18(17)2)28-33(31,32)22-7-4-20(5-8-22)24(30)26-14-11-23(29)27-16-19-9-12-25-13-10-19/h3-10,12-13,15,28H,11,14,16H2,1-2H3,(H,26,30)(H,27,29). The van der Waals surface area contributed by atoms with E-state index in [0.29, 0.717) is 17.8 Å². The summed E-state index contributed by atoms with van der Waals surface area (Å²) in [6, 6.07) is 14.6. The number of hydrogen-bond acceptors (Lipinski definition) is 5. The topological polar surface area (TPSA) is 117 Å². The van der Waals surface area contributed by atoms with Crippen LogP contribution in [-0.2, 0) is 21.4 Å². The second-order valence-electron chi connectivity index (χ2n) is 7.57. The van der Waals surface area contributed by atoms with Crippen molar-refractivity contribution in [3.8, 4) is 0 Å². The van der Waals surface area contributed by atoms with Gasteiger partial charge in [-0.3, -0.25) is 19.3 Å². The van der Waals surface area contributed by atoms with Crippen LogP contribution in [0, 0.1) is 13.8 Å². The maximum atomic E-state index is 12.6. The Morgan fingerprint density at radius 1 is 0.879 bits per heavy atom. The Kier molecular flexibility index (Phi) is 7.78. The van der Waals surface area contributed by atoms with Crippen LogP contribution in [0.1, 0.15) is 33.5 Å². The van der Waals surface area contributed by atoms with Gasteiger partial charge in [0.15, 0.2) is 0 Å². The van der Waals surface area contributed by atoms with Gasteiger partial charge in [-0.05, 0) is 79.1 Å². The Morgan fingerprint density at radius 2 is 1.58 bits per heavy atom. The van der Waals surface area contributed by atoms with Crippen molar-refractivity contribution in [1.29, 1.82) is 0 Å². The molecule has 1 aromatic heterocycles. The average Bonchev–Trinajstić information content (AvgIpc) is 2.80. The fourth-order valence-electron chi connectivity index (χ4n) is 2.99. The van der Waals surface area contributed by atoms with Crippen LogP contribution in [0.4, 0.5) is 5.69 Å². The van der Waals surface area contributed by atoms with Crippen molar-refractivity contribution >= 4 is 27.5 Å². The maximum Gasteiger partial charge on any atom is 0.261 e. The molecule has 9 heteroatoms. The average molecular weight is 467 g/mol. The second-order valence-corrected chi connectivity index (χ2v) is 9.25. The molecule has 2 aromatic carbocycles. The SMILES string of the molecule is Cc1ccc(NS(=O)(=O)c2ccc(C(=O)NCCC(=O)NCc3ccncc3)cc2)cc1C. The van der Waals surface area contributed by atoms with Gasteiger partial charge in [0, 0.05) is 43.2 Å². The van der Waals surface area contributed by atoms with Crippen LogP contribution >= 0.6 is 0 Å². The summed E-state index contributed by atoms with van der Waals surface area (Å²) in [6.45, 7) is 4.41. The predicted molar refractivity (Wildman–Crippen MR) is 126 cm³/mol. The van der Waals surface area contributed by atoms with E-state index in [1.54, 1.807) is 24.5 Å². The summed E-state index contributed by atoms with van der Waals surface area (Å²) < 4.78 is 27.8. The minimum Gasteiger partial charge on any atom is -0.352 e. The summed E-state index contributed by atoms with van der Waals surface area (Å²) in [5.74, 6) is -0.575. The van der Waals surface area contributed by atoms with E-state index in [-0.39, 0.29) is 29.7 Å². The van der Waals surface area contributed by atoms with E-state index < -0.39 is 10.0 Å². The van der Waals surface area contributed by atoms with E-state index in [4.69, 9.17) is 0 Å². The van der Waals surface area contributed by atoms with Gasteiger partial charge in [0.1, 0.15) is 0 Å². The minimum absolute atomic E-state index is 0.0489. The van der Waals surface area contributed by atoms with Gasteiger partial charge in [-0.15, -0.1) is 0 Å². The van der Waals surface area contributed by atoms with E-state index in [2.05, 4.69) is 20.3 Å². The molecule has 2 amide bonds. The van der Waals surface area contributed by atoms with Gasteiger partial charge in [0.2, 0.25) is 5.91 Å². The van der Waals surface area contributed by atoms with Crippen molar-refractivity contribution in [2.75, 3.05) is 11.3 Å². The summed E-state index contributed by atoms with van der Waals surface area (Å²) in [5, 5.41) is 5.43. The van der Waals surface area contributed by atoms with E-state index in [1.807, 2.05) is 32.0 Å². The molecule has 1 heterocycles. The number of sulfonamides is 1. The third-order valence-corrected chi connectivity index (χ3v) is 6.46. The van der Waals surface area contributed by atoms with Crippen molar-refractivity contribution in [2.45, 2.75) is 31.7 Å². The molecule has 0 saturated heterocycles. The fraction of sp³-hybridized carbons (Fsp3) is 0.208. The van der Waals surface area contributed by atoms with Crippen molar-refractivity contribution in [3.63, 3.8) is 0 Å². The number of pyridine rings is 1. The smallest absolute Gasteiger partial charge is 0.261 e. The monoisotopic (exact) mass is 466 g/mol. The van der Waals surface area contributed by atoms with Crippen LogP contribution in [0.15, 0.2) is 71.9 Å². The molecule has 0 unspecified atom stereocenters. The van der Waals surface area contributed by atoms with Crippen LogP contribution < -0.4 is 15.4 Å². The van der Waals surface area contributed by atoms with Gasteiger partial charge in [-0.1, -0.05) is 6.07 Å².